The molecule has 8 nitrogen and oxygen atoms in total. The van der Waals surface area contributed by atoms with Gasteiger partial charge >= 0.3 is 6.03 Å². The third kappa shape index (κ3) is 6.28. The molecule has 0 aliphatic rings. The van der Waals surface area contributed by atoms with Crippen LogP contribution >= 0.6 is 0 Å². The van der Waals surface area contributed by atoms with Gasteiger partial charge in [0.05, 0.1) is 0 Å². The van der Waals surface area contributed by atoms with Crippen LogP contribution in [0, 0.1) is 0 Å². The van der Waals surface area contributed by atoms with E-state index in [2.05, 4.69) is 48.3 Å². The zero-order chi connectivity index (χ0) is 30.5. The fraction of sp³-hybridized carbons (Fsp3) is 0.257. The summed E-state index contributed by atoms with van der Waals surface area (Å²) >= 11 is 0. The van der Waals surface area contributed by atoms with E-state index in [1.807, 2.05) is 73.7 Å². The van der Waals surface area contributed by atoms with E-state index < -0.39 is 6.03 Å². The molecular formula is C35H37N5O3. The van der Waals surface area contributed by atoms with E-state index in [0.29, 0.717) is 30.1 Å². The zero-order valence-corrected chi connectivity index (χ0v) is 25.2. The Balaban J connectivity index is 1.59. The van der Waals surface area contributed by atoms with Crippen molar-refractivity contribution >= 4 is 28.4 Å². The van der Waals surface area contributed by atoms with Crippen LogP contribution in [0.2, 0.25) is 0 Å². The number of hydrogen-bond acceptors (Lipinski definition) is 5. The van der Waals surface area contributed by atoms with Gasteiger partial charge < -0.3 is 15.4 Å². The molecule has 8 heteroatoms. The van der Waals surface area contributed by atoms with Gasteiger partial charge in [-0.3, -0.25) is 14.3 Å². The van der Waals surface area contributed by atoms with Crippen molar-refractivity contribution in [1.82, 2.24) is 14.5 Å². The van der Waals surface area contributed by atoms with E-state index in [9.17, 15) is 9.59 Å². The standard InChI is InChI=1S/C35H37N5O3/c1-6-40-33-29(14-9-17-37-33)30(25-10-7-11-26(20-25)43-21-24-15-18-36-19-16-24)32(34(40)41)39-35(42)38-31-27(22(2)3)12-8-13-28(31)23(4)5/h7-20,22-23H,6,21H2,1-5H3,(H2,38,39,42). The van der Waals surface area contributed by atoms with E-state index in [4.69, 9.17) is 4.74 Å². The molecule has 0 saturated carbocycles. The van der Waals surface area contributed by atoms with E-state index >= 15 is 0 Å². The topological polar surface area (TPSA) is 98.1 Å². The quantitative estimate of drug-likeness (QED) is 0.186. The molecule has 0 bridgehead atoms. The van der Waals surface area contributed by atoms with Gasteiger partial charge in [-0.25, -0.2) is 9.78 Å². The number of carbonyl (C=O) groups excluding carboxylic acids is 1. The Morgan fingerprint density at radius 3 is 2.21 bits per heavy atom. The van der Waals surface area contributed by atoms with Gasteiger partial charge in [-0.05, 0) is 77.4 Å². The highest BCUT2D eigenvalue weighted by atomic mass is 16.5. The number of aryl methyl sites for hydroxylation is 1. The first kappa shape index (κ1) is 29.5. The van der Waals surface area contributed by atoms with Gasteiger partial charge in [0.1, 0.15) is 23.7 Å². The highest BCUT2D eigenvalue weighted by Crippen LogP contribution is 2.36. The maximum absolute atomic E-state index is 14.0. The second-order valence-electron chi connectivity index (χ2n) is 11.0. The molecule has 0 atom stereocenters. The minimum atomic E-state index is -0.482. The highest BCUT2D eigenvalue weighted by molar-refractivity contribution is 6.07. The number of hydrogen-bond donors (Lipinski definition) is 2. The van der Waals surface area contributed by atoms with Gasteiger partial charge in [-0.1, -0.05) is 58.0 Å². The van der Waals surface area contributed by atoms with E-state index in [1.54, 1.807) is 23.2 Å². The SMILES string of the molecule is CCn1c(=O)c(NC(=O)Nc2c(C(C)C)cccc2C(C)C)c(-c2cccc(OCc3ccncc3)c2)c2cccnc21. The molecule has 0 unspecified atom stereocenters. The molecule has 3 heterocycles. The summed E-state index contributed by atoms with van der Waals surface area (Å²) in [5.74, 6) is 1.03. The third-order valence-corrected chi connectivity index (χ3v) is 7.46. The van der Waals surface area contributed by atoms with Crippen LogP contribution < -0.4 is 20.9 Å². The Morgan fingerprint density at radius 2 is 1.53 bits per heavy atom. The summed E-state index contributed by atoms with van der Waals surface area (Å²) in [4.78, 5) is 36.3. The van der Waals surface area contributed by atoms with Gasteiger partial charge in [-0.15, -0.1) is 0 Å². The first-order valence-electron chi connectivity index (χ1n) is 14.6. The van der Waals surface area contributed by atoms with Crippen molar-refractivity contribution in [3.05, 3.63) is 112 Å². The maximum Gasteiger partial charge on any atom is 0.323 e. The van der Waals surface area contributed by atoms with Crippen molar-refractivity contribution in [1.29, 1.82) is 0 Å². The number of aromatic nitrogens is 3. The van der Waals surface area contributed by atoms with Gasteiger partial charge in [0.15, 0.2) is 0 Å². The Bertz CT molecular complexity index is 1790. The number of nitrogens with one attached hydrogen (secondary N) is 2. The van der Waals surface area contributed by atoms with Crippen molar-refractivity contribution < 1.29 is 9.53 Å². The van der Waals surface area contributed by atoms with E-state index in [0.717, 1.165) is 33.3 Å². The van der Waals surface area contributed by atoms with E-state index in [-0.39, 0.29) is 23.1 Å². The Labute approximate surface area is 251 Å². The fourth-order valence-corrected chi connectivity index (χ4v) is 5.33. The number of amides is 2. The highest BCUT2D eigenvalue weighted by Gasteiger charge is 2.22. The lowest BCUT2D eigenvalue weighted by molar-refractivity contribution is 0.262. The number of rotatable bonds is 9. The van der Waals surface area contributed by atoms with Gasteiger partial charge in [-0.2, -0.15) is 0 Å². The first-order chi connectivity index (χ1) is 20.8. The summed E-state index contributed by atoms with van der Waals surface area (Å²) in [6.45, 7) is 11.0. The maximum atomic E-state index is 14.0. The van der Waals surface area contributed by atoms with Gasteiger partial charge in [0, 0.05) is 41.8 Å². The summed E-state index contributed by atoms with van der Waals surface area (Å²) in [6, 6.07) is 20.7. The van der Waals surface area contributed by atoms with Crippen LogP contribution in [0.4, 0.5) is 16.2 Å². The van der Waals surface area contributed by atoms with Crippen LogP contribution in [0.3, 0.4) is 0 Å². The first-order valence-corrected chi connectivity index (χ1v) is 14.6. The van der Waals surface area contributed by atoms with Crippen LogP contribution in [-0.2, 0) is 13.2 Å². The third-order valence-electron chi connectivity index (χ3n) is 7.46. The lowest BCUT2D eigenvalue weighted by Gasteiger charge is -2.21. The minimum absolute atomic E-state index is 0.180. The monoisotopic (exact) mass is 575 g/mol. The van der Waals surface area contributed by atoms with Crippen molar-refractivity contribution in [2.45, 2.75) is 59.6 Å². The van der Waals surface area contributed by atoms with Crippen LogP contribution in [0.5, 0.6) is 5.75 Å². The molecular weight excluding hydrogens is 538 g/mol. The van der Waals surface area contributed by atoms with Gasteiger partial charge in [0.2, 0.25) is 0 Å². The molecule has 0 saturated heterocycles. The Kier molecular flexibility index (Phi) is 8.85. The Morgan fingerprint density at radius 1 is 0.860 bits per heavy atom. The molecule has 3 aromatic heterocycles. The lowest BCUT2D eigenvalue weighted by Crippen LogP contribution is -2.30. The van der Waals surface area contributed by atoms with Crippen LogP contribution in [0.1, 0.15) is 63.1 Å². The number of fused-ring (bicyclic) bond motifs is 1. The zero-order valence-electron chi connectivity index (χ0n) is 25.2. The minimum Gasteiger partial charge on any atom is -0.489 e. The second kappa shape index (κ2) is 12.9. The number of urea groups is 1. The molecule has 0 aliphatic carbocycles. The van der Waals surface area contributed by atoms with E-state index in [1.165, 1.54) is 0 Å². The summed E-state index contributed by atoms with van der Waals surface area (Å²) in [5, 5.41) is 6.78. The van der Waals surface area contributed by atoms with Crippen molar-refractivity contribution in [2.75, 3.05) is 10.6 Å². The van der Waals surface area contributed by atoms with Crippen LogP contribution in [0.25, 0.3) is 22.2 Å². The molecule has 2 aromatic carbocycles. The van der Waals surface area contributed by atoms with Crippen molar-refractivity contribution in [3.8, 4) is 16.9 Å². The van der Waals surface area contributed by atoms with Crippen molar-refractivity contribution in [3.63, 3.8) is 0 Å². The number of nitrogens with zero attached hydrogens (tertiary/aromatic N) is 3. The summed E-state index contributed by atoms with van der Waals surface area (Å²) in [7, 11) is 0. The second-order valence-corrected chi connectivity index (χ2v) is 11.0. The average Bonchev–Trinajstić information content (AvgIpc) is 3.01. The normalized spacial score (nSPS) is 11.2. The predicted molar refractivity (Wildman–Crippen MR) is 173 cm³/mol. The number of benzene rings is 2. The van der Waals surface area contributed by atoms with Crippen LogP contribution in [-0.4, -0.2) is 20.6 Å². The fourth-order valence-electron chi connectivity index (χ4n) is 5.33. The number of carbonyl (C=O) groups is 1. The molecule has 5 aromatic rings. The summed E-state index contributed by atoms with van der Waals surface area (Å²) in [6.07, 6.45) is 5.12. The molecule has 5 rings (SSSR count). The molecule has 0 fully saturated rings. The number of pyridine rings is 3. The molecule has 220 valence electrons. The molecule has 2 amide bonds. The number of anilines is 2. The lowest BCUT2D eigenvalue weighted by atomic mass is 9.93. The molecule has 0 radical (unpaired) electrons. The Hall–Kier alpha value is -4.98. The molecule has 2 N–H and O–H groups in total. The molecule has 0 aliphatic heterocycles. The largest absolute Gasteiger partial charge is 0.489 e. The average molecular weight is 576 g/mol. The number of para-hydroxylation sites is 1. The molecule has 43 heavy (non-hydrogen) atoms. The summed E-state index contributed by atoms with van der Waals surface area (Å²) < 4.78 is 7.67. The molecule has 0 spiro atoms. The van der Waals surface area contributed by atoms with Crippen molar-refractivity contribution in [2.24, 2.45) is 0 Å². The van der Waals surface area contributed by atoms with Gasteiger partial charge in [0.25, 0.3) is 5.56 Å². The smallest absolute Gasteiger partial charge is 0.323 e. The number of ether oxygens (including phenoxy) is 1. The predicted octanol–water partition coefficient (Wildman–Crippen LogP) is 7.95. The van der Waals surface area contributed by atoms with Crippen LogP contribution in [0.15, 0.2) is 90.1 Å². The summed E-state index contributed by atoms with van der Waals surface area (Å²) in [5.41, 5.74) is 5.55.